The first-order valence-electron chi connectivity index (χ1n) is 8.04. The van der Waals surface area contributed by atoms with Crippen molar-refractivity contribution in [2.45, 2.75) is 25.9 Å². The quantitative estimate of drug-likeness (QED) is 0.375. The van der Waals surface area contributed by atoms with E-state index in [1.54, 1.807) is 0 Å². The lowest BCUT2D eigenvalue weighted by molar-refractivity contribution is -0.132. The molecule has 2 aromatic rings. The van der Waals surface area contributed by atoms with Crippen LogP contribution in [0.4, 0.5) is 13.2 Å². The van der Waals surface area contributed by atoms with Crippen LogP contribution in [-0.4, -0.2) is 31.8 Å². The average molecular weight is 465 g/mol. The van der Waals surface area contributed by atoms with Crippen molar-refractivity contribution in [2.24, 2.45) is 4.99 Å². The second-order valence-electron chi connectivity index (χ2n) is 5.48. The van der Waals surface area contributed by atoms with E-state index < -0.39 is 12.6 Å². The molecule has 138 valence electrons. The Morgan fingerprint density at radius 3 is 2.44 bits per heavy atom. The summed E-state index contributed by atoms with van der Waals surface area (Å²) in [6, 6.07) is 14.4. The number of alkyl halides is 3. The summed E-state index contributed by atoms with van der Waals surface area (Å²) in [5.74, 6) is 0.419. The van der Waals surface area contributed by atoms with Gasteiger partial charge in [0.2, 0.25) is 0 Å². The van der Waals surface area contributed by atoms with Crippen LogP contribution in [0.15, 0.2) is 47.5 Å². The van der Waals surface area contributed by atoms with Crippen molar-refractivity contribution >= 4 is 40.7 Å². The highest BCUT2D eigenvalue weighted by molar-refractivity contribution is 14.0. The van der Waals surface area contributed by atoms with Crippen molar-refractivity contribution in [1.29, 1.82) is 0 Å². The molecule has 0 aliphatic heterocycles. The fraction of sp³-hybridized carbons (Fsp3) is 0.389. The van der Waals surface area contributed by atoms with Crippen molar-refractivity contribution in [1.82, 2.24) is 10.6 Å². The minimum Gasteiger partial charge on any atom is -0.357 e. The molecule has 0 fully saturated rings. The van der Waals surface area contributed by atoms with E-state index in [-0.39, 0.29) is 30.5 Å². The van der Waals surface area contributed by atoms with Gasteiger partial charge in [0.05, 0.1) is 13.0 Å². The molecule has 25 heavy (non-hydrogen) atoms. The third kappa shape index (κ3) is 7.94. The number of nitrogens with zero attached hydrogens (tertiary/aromatic N) is 1. The normalized spacial score (nSPS) is 11.9. The van der Waals surface area contributed by atoms with Crippen LogP contribution in [0.3, 0.4) is 0 Å². The van der Waals surface area contributed by atoms with E-state index in [1.165, 1.54) is 16.3 Å². The average Bonchev–Trinajstić information content (AvgIpc) is 2.53. The minimum absolute atomic E-state index is 0. The first kappa shape index (κ1) is 21.5. The molecule has 0 aromatic heterocycles. The van der Waals surface area contributed by atoms with Crippen molar-refractivity contribution < 1.29 is 13.2 Å². The molecule has 2 aromatic carbocycles. The van der Waals surface area contributed by atoms with Gasteiger partial charge in [0.25, 0.3) is 0 Å². The van der Waals surface area contributed by atoms with Crippen LogP contribution in [0, 0.1) is 0 Å². The van der Waals surface area contributed by atoms with Gasteiger partial charge in [0.15, 0.2) is 5.96 Å². The molecular weight excluding hydrogens is 442 g/mol. The van der Waals surface area contributed by atoms with Gasteiger partial charge >= 0.3 is 6.18 Å². The standard InChI is InChI=1S/C18H22F3N3.HI/c1-2-22-17(24-12-10-18(19,20)21)23-11-9-14-7-8-15-5-3-4-6-16(15)13-14;/h3-8,13H,2,9-12H2,1H3,(H2,22,23,24);1H. The number of guanidine groups is 1. The molecule has 0 radical (unpaired) electrons. The molecule has 0 aliphatic carbocycles. The molecule has 2 rings (SSSR count). The molecule has 7 heteroatoms. The molecule has 0 atom stereocenters. The van der Waals surface area contributed by atoms with Crippen molar-refractivity contribution in [2.75, 3.05) is 19.6 Å². The van der Waals surface area contributed by atoms with E-state index in [4.69, 9.17) is 0 Å². The van der Waals surface area contributed by atoms with Crippen LogP contribution in [-0.2, 0) is 6.42 Å². The Morgan fingerprint density at radius 1 is 1.04 bits per heavy atom. The Morgan fingerprint density at radius 2 is 1.76 bits per heavy atom. The van der Waals surface area contributed by atoms with Gasteiger partial charge in [0.1, 0.15) is 0 Å². The van der Waals surface area contributed by atoms with Crippen molar-refractivity contribution in [3.63, 3.8) is 0 Å². The van der Waals surface area contributed by atoms with Gasteiger partial charge in [-0.2, -0.15) is 13.2 Å². The van der Waals surface area contributed by atoms with Gasteiger partial charge in [-0.05, 0) is 29.7 Å². The number of hydrogen-bond donors (Lipinski definition) is 2. The van der Waals surface area contributed by atoms with Crippen LogP contribution in [0.2, 0.25) is 0 Å². The zero-order chi connectivity index (χ0) is 17.4. The van der Waals surface area contributed by atoms with Gasteiger partial charge in [-0.25, -0.2) is 0 Å². The Balaban J connectivity index is 0.00000312. The third-order valence-corrected chi connectivity index (χ3v) is 3.53. The number of halogens is 4. The predicted molar refractivity (Wildman–Crippen MR) is 108 cm³/mol. The zero-order valence-electron chi connectivity index (χ0n) is 14.1. The Kier molecular flexibility index (Phi) is 9.02. The first-order valence-corrected chi connectivity index (χ1v) is 8.04. The zero-order valence-corrected chi connectivity index (χ0v) is 16.4. The van der Waals surface area contributed by atoms with E-state index in [9.17, 15) is 13.2 Å². The maximum absolute atomic E-state index is 12.2. The summed E-state index contributed by atoms with van der Waals surface area (Å²) < 4.78 is 36.5. The van der Waals surface area contributed by atoms with Gasteiger partial charge in [0, 0.05) is 13.1 Å². The highest BCUT2D eigenvalue weighted by atomic mass is 127. The van der Waals surface area contributed by atoms with Crippen LogP contribution < -0.4 is 10.6 Å². The van der Waals surface area contributed by atoms with E-state index in [0.717, 1.165) is 6.42 Å². The molecule has 0 spiro atoms. The lowest BCUT2D eigenvalue weighted by Crippen LogP contribution is -2.38. The predicted octanol–water partition coefficient (Wildman–Crippen LogP) is 4.51. The van der Waals surface area contributed by atoms with Crippen LogP contribution >= 0.6 is 24.0 Å². The number of fused-ring (bicyclic) bond motifs is 1. The van der Waals surface area contributed by atoms with E-state index in [2.05, 4.69) is 46.0 Å². The van der Waals surface area contributed by atoms with Gasteiger partial charge in [-0.15, -0.1) is 24.0 Å². The summed E-state index contributed by atoms with van der Waals surface area (Å²) in [6.45, 7) is 2.82. The highest BCUT2D eigenvalue weighted by Gasteiger charge is 2.26. The molecule has 0 saturated heterocycles. The maximum atomic E-state index is 12.2. The molecule has 0 amide bonds. The molecule has 0 bridgehead atoms. The number of hydrogen-bond acceptors (Lipinski definition) is 1. The summed E-state index contributed by atoms with van der Waals surface area (Å²) in [4.78, 5) is 3.95. The molecule has 3 nitrogen and oxygen atoms in total. The van der Waals surface area contributed by atoms with E-state index >= 15 is 0 Å². The Labute approximate surface area is 163 Å². The van der Waals surface area contributed by atoms with Crippen molar-refractivity contribution in [3.8, 4) is 0 Å². The van der Waals surface area contributed by atoms with E-state index in [1.807, 2.05) is 19.1 Å². The summed E-state index contributed by atoms with van der Waals surface area (Å²) >= 11 is 0. The summed E-state index contributed by atoms with van der Waals surface area (Å²) in [7, 11) is 0. The van der Waals surface area contributed by atoms with Crippen molar-refractivity contribution in [3.05, 3.63) is 48.0 Å². The summed E-state index contributed by atoms with van der Waals surface area (Å²) in [5, 5.41) is 8.40. The van der Waals surface area contributed by atoms with Gasteiger partial charge < -0.3 is 10.6 Å². The molecular formula is C18H23F3IN3. The second-order valence-corrected chi connectivity index (χ2v) is 5.48. The number of aliphatic imine (C=N–C) groups is 1. The number of benzene rings is 2. The van der Waals surface area contributed by atoms with Crippen LogP contribution in [0.25, 0.3) is 10.8 Å². The molecule has 2 N–H and O–H groups in total. The Hall–Kier alpha value is -1.51. The van der Waals surface area contributed by atoms with E-state index in [0.29, 0.717) is 19.0 Å². The SMILES string of the molecule is CCNC(=NCCC(F)(F)F)NCCc1ccc2ccccc2c1.I. The fourth-order valence-corrected chi connectivity index (χ4v) is 2.36. The molecule has 0 unspecified atom stereocenters. The lowest BCUT2D eigenvalue weighted by atomic mass is 10.1. The fourth-order valence-electron chi connectivity index (χ4n) is 2.36. The molecule has 0 aliphatic rings. The van der Waals surface area contributed by atoms with Gasteiger partial charge in [-0.1, -0.05) is 42.5 Å². The lowest BCUT2D eigenvalue weighted by Gasteiger charge is -2.12. The smallest absolute Gasteiger partial charge is 0.357 e. The second kappa shape index (κ2) is 10.5. The Bertz CT molecular complexity index is 687. The first-order chi connectivity index (χ1) is 11.5. The molecule has 0 saturated carbocycles. The summed E-state index contributed by atoms with van der Waals surface area (Å²) in [5.41, 5.74) is 1.17. The van der Waals surface area contributed by atoms with Crippen LogP contribution in [0.1, 0.15) is 18.9 Å². The highest BCUT2D eigenvalue weighted by Crippen LogP contribution is 2.19. The topological polar surface area (TPSA) is 36.4 Å². The summed E-state index contributed by atoms with van der Waals surface area (Å²) in [6.07, 6.45) is -4.31. The number of nitrogens with one attached hydrogen (secondary N) is 2. The van der Waals surface area contributed by atoms with Crippen LogP contribution in [0.5, 0.6) is 0 Å². The number of rotatable bonds is 6. The monoisotopic (exact) mass is 465 g/mol. The molecule has 0 heterocycles. The maximum Gasteiger partial charge on any atom is 0.390 e. The van der Waals surface area contributed by atoms with Gasteiger partial charge in [-0.3, -0.25) is 4.99 Å². The largest absolute Gasteiger partial charge is 0.390 e. The third-order valence-electron chi connectivity index (χ3n) is 3.53. The minimum atomic E-state index is -4.17.